The zero-order valence-corrected chi connectivity index (χ0v) is 8.91. The molecule has 0 saturated carbocycles. The lowest BCUT2D eigenvalue weighted by Crippen LogP contribution is -2.42. The van der Waals surface area contributed by atoms with E-state index in [9.17, 15) is 4.79 Å². The molecule has 0 aromatic rings. The number of nitrogens with two attached hydrogens (primary N) is 1. The zero-order chi connectivity index (χ0) is 10.3. The highest BCUT2D eigenvalue weighted by Gasteiger charge is 2.06. The Morgan fingerprint density at radius 1 is 1.62 bits per heavy atom. The molecule has 0 aliphatic heterocycles. The Morgan fingerprint density at radius 3 is 2.69 bits per heavy atom. The van der Waals surface area contributed by atoms with Crippen molar-refractivity contribution in [2.45, 2.75) is 32.7 Å². The quantitative estimate of drug-likeness (QED) is 0.555. The second kappa shape index (κ2) is 6.65. The maximum Gasteiger partial charge on any atom is 0.219 e. The second-order valence-electron chi connectivity index (χ2n) is 2.97. The van der Waals surface area contributed by atoms with E-state index in [1.54, 1.807) is 0 Å². The first-order valence-corrected chi connectivity index (χ1v) is 4.79. The van der Waals surface area contributed by atoms with Gasteiger partial charge in [0.25, 0.3) is 0 Å². The molecule has 13 heavy (non-hydrogen) atoms. The van der Waals surface area contributed by atoms with Gasteiger partial charge in [-0.1, -0.05) is 6.92 Å². The molecule has 0 heterocycles. The van der Waals surface area contributed by atoms with Crippen LogP contribution in [0.3, 0.4) is 0 Å². The van der Waals surface area contributed by atoms with Gasteiger partial charge in [-0.05, 0) is 25.6 Å². The maximum atomic E-state index is 10.5. The molecule has 0 bridgehead atoms. The molecule has 0 rings (SSSR count). The summed E-state index contributed by atoms with van der Waals surface area (Å²) >= 11 is 4.97. The van der Waals surface area contributed by atoms with E-state index in [2.05, 4.69) is 17.6 Å². The van der Waals surface area contributed by atoms with E-state index in [1.807, 2.05) is 6.92 Å². The van der Waals surface area contributed by atoms with Crippen LogP contribution < -0.4 is 16.4 Å². The topological polar surface area (TPSA) is 67.2 Å². The lowest BCUT2D eigenvalue weighted by atomic mass is 10.2. The molecule has 0 spiro atoms. The number of amides is 1. The van der Waals surface area contributed by atoms with Crippen molar-refractivity contribution in [1.82, 2.24) is 10.6 Å². The van der Waals surface area contributed by atoms with Gasteiger partial charge in [-0.2, -0.15) is 0 Å². The van der Waals surface area contributed by atoms with Gasteiger partial charge in [0.1, 0.15) is 0 Å². The highest BCUT2D eigenvalue weighted by atomic mass is 32.1. The summed E-state index contributed by atoms with van der Waals surface area (Å²) in [4.78, 5) is 10.5. The van der Waals surface area contributed by atoms with E-state index in [0.717, 1.165) is 13.0 Å². The molecule has 0 radical (unpaired) electrons. The first kappa shape index (κ1) is 12.2. The van der Waals surface area contributed by atoms with E-state index in [4.69, 9.17) is 18.0 Å². The third kappa shape index (κ3) is 7.52. The molecule has 1 atom stereocenters. The van der Waals surface area contributed by atoms with E-state index in [-0.39, 0.29) is 11.9 Å². The summed E-state index contributed by atoms with van der Waals surface area (Å²) < 4.78 is 0. The summed E-state index contributed by atoms with van der Waals surface area (Å²) in [7, 11) is 0. The molecule has 4 nitrogen and oxygen atoms in total. The van der Waals surface area contributed by atoms with Gasteiger partial charge in [0.2, 0.25) is 5.91 Å². The Balaban J connectivity index is 3.59. The summed E-state index contributed by atoms with van der Waals surface area (Å²) in [6.07, 6.45) is 1.32. The molecule has 5 heteroatoms. The van der Waals surface area contributed by atoms with Gasteiger partial charge in [-0.3, -0.25) is 4.79 Å². The highest BCUT2D eigenvalue weighted by Crippen LogP contribution is 1.88. The van der Waals surface area contributed by atoms with Gasteiger partial charge in [0.15, 0.2) is 5.11 Å². The minimum atomic E-state index is -0.321. The Kier molecular flexibility index (Phi) is 6.22. The molecular formula is C8H17N3OS. The summed E-state index contributed by atoms with van der Waals surface area (Å²) in [5.41, 5.74) is 5.03. The highest BCUT2D eigenvalue weighted by molar-refractivity contribution is 7.80. The van der Waals surface area contributed by atoms with Crippen molar-refractivity contribution in [3.63, 3.8) is 0 Å². The van der Waals surface area contributed by atoms with Gasteiger partial charge >= 0.3 is 0 Å². The van der Waals surface area contributed by atoms with Crippen LogP contribution in [0.25, 0.3) is 0 Å². The SMILES string of the molecule is CCCNC(=S)NC(C)CC(N)=O. The van der Waals surface area contributed by atoms with E-state index >= 15 is 0 Å². The van der Waals surface area contributed by atoms with Crippen LogP contribution in [0.5, 0.6) is 0 Å². The largest absolute Gasteiger partial charge is 0.370 e. The monoisotopic (exact) mass is 203 g/mol. The van der Waals surface area contributed by atoms with Gasteiger partial charge in [-0.25, -0.2) is 0 Å². The number of hydrogen-bond acceptors (Lipinski definition) is 2. The predicted molar refractivity (Wildman–Crippen MR) is 57.3 cm³/mol. The first-order valence-electron chi connectivity index (χ1n) is 4.39. The van der Waals surface area contributed by atoms with Gasteiger partial charge in [-0.15, -0.1) is 0 Å². The van der Waals surface area contributed by atoms with Crippen LogP contribution in [0.4, 0.5) is 0 Å². The van der Waals surface area contributed by atoms with Crippen molar-refractivity contribution >= 4 is 23.2 Å². The normalized spacial score (nSPS) is 11.8. The average Bonchev–Trinajstić information content (AvgIpc) is 1.98. The first-order chi connectivity index (χ1) is 6.06. The molecule has 1 unspecified atom stereocenters. The molecular weight excluding hydrogens is 186 g/mol. The fourth-order valence-electron chi connectivity index (χ4n) is 0.866. The van der Waals surface area contributed by atoms with Gasteiger partial charge < -0.3 is 16.4 Å². The number of hydrogen-bond donors (Lipinski definition) is 3. The number of carbonyl (C=O) groups excluding carboxylic acids is 1. The van der Waals surface area contributed by atoms with Crippen LogP contribution in [-0.4, -0.2) is 23.6 Å². The molecule has 0 aliphatic carbocycles. The van der Waals surface area contributed by atoms with Crippen LogP contribution in [0.15, 0.2) is 0 Å². The minimum Gasteiger partial charge on any atom is -0.370 e. The number of rotatable bonds is 5. The maximum absolute atomic E-state index is 10.5. The standard InChI is InChI=1S/C8H17N3OS/c1-3-4-10-8(13)11-6(2)5-7(9)12/h6H,3-5H2,1-2H3,(H2,9,12)(H2,10,11,13). The summed E-state index contributed by atoms with van der Waals surface area (Å²) in [5.74, 6) is -0.321. The van der Waals surface area contributed by atoms with Crippen molar-refractivity contribution in [2.24, 2.45) is 5.73 Å². The Morgan fingerprint density at radius 2 is 2.23 bits per heavy atom. The third-order valence-electron chi connectivity index (χ3n) is 1.42. The zero-order valence-electron chi connectivity index (χ0n) is 8.09. The molecule has 0 fully saturated rings. The summed E-state index contributed by atoms with van der Waals surface area (Å²) in [5, 5.41) is 6.55. The summed E-state index contributed by atoms with van der Waals surface area (Å²) in [6.45, 7) is 4.77. The van der Waals surface area contributed by atoms with E-state index in [1.165, 1.54) is 0 Å². The molecule has 0 saturated heterocycles. The second-order valence-corrected chi connectivity index (χ2v) is 3.38. The lowest BCUT2D eigenvalue weighted by molar-refractivity contribution is -0.118. The molecule has 4 N–H and O–H groups in total. The average molecular weight is 203 g/mol. The van der Waals surface area contributed by atoms with Crippen molar-refractivity contribution < 1.29 is 4.79 Å². The Hall–Kier alpha value is -0.840. The smallest absolute Gasteiger partial charge is 0.219 e. The number of primary amides is 1. The molecule has 1 amide bonds. The van der Waals surface area contributed by atoms with Gasteiger partial charge in [0, 0.05) is 19.0 Å². The molecule has 0 aromatic carbocycles. The van der Waals surface area contributed by atoms with Gasteiger partial charge in [0.05, 0.1) is 0 Å². The Labute approximate surface area is 84.3 Å². The minimum absolute atomic E-state index is 0.00523. The fourth-order valence-corrected chi connectivity index (χ4v) is 1.17. The van der Waals surface area contributed by atoms with Crippen LogP contribution in [0.2, 0.25) is 0 Å². The lowest BCUT2D eigenvalue weighted by Gasteiger charge is -2.14. The molecule has 76 valence electrons. The van der Waals surface area contributed by atoms with Crippen molar-refractivity contribution in [3.05, 3.63) is 0 Å². The van der Waals surface area contributed by atoms with Crippen molar-refractivity contribution in [3.8, 4) is 0 Å². The van der Waals surface area contributed by atoms with Crippen molar-refractivity contribution in [1.29, 1.82) is 0 Å². The van der Waals surface area contributed by atoms with Crippen LogP contribution in [-0.2, 0) is 4.79 Å². The van der Waals surface area contributed by atoms with Crippen LogP contribution >= 0.6 is 12.2 Å². The van der Waals surface area contributed by atoms with E-state index in [0.29, 0.717) is 11.5 Å². The molecule has 0 aromatic heterocycles. The number of thiocarbonyl (C=S) groups is 1. The van der Waals surface area contributed by atoms with Crippen LogP contribution in [0.1, 0.15) is 26.7 Å². The van der Waals surface area contributed by atoms with Crippen LogP contribution in [0, 0.1) is 0 Å². The van der Waals surface area contributed by atoms with Crippen molar-refractivity contribution in [2.75, 3.05) is 6.54 Å². The Bertz CT molecular complexity index is 184. The molecule has 0 aliphatic rings. The predicted octanol–water partition coefficient (Wildman–Crippen LogP) is 0.124. The number of carbonyl (C=O) groups is 1. The van der Waals surface area contributed by atoms with E-state index < -0.39 is 0 Å². The number of nitrogens with one attached hydrogen (secondary N) is 2. The fraction of sp³-hybridized carbons (Fsp3) is 0.750. The third-order valence-corrected chi connectivity index (χ3v) is 1.68. The summed E-state index contributed by atoms with van der Waals surface area (Å²) in [6, 6.07) is -0.00523.